The maximum Gasteiger partial charge on any atom is 0.247 e. The van der Waals surface area contributed by atoms with Crippen molar-refractivity contribution in [3.8, 4) is 11.6 Å². The van der Waals surface area contributed by atoms with Gasteiger partial charge in [0.05, 0.1) is 6.20 Å². The summed E-state index contributed by atoms with van der Waals surface area (Å²) >= 11 is 5.75. The van der Waals surface area contributed by atoms with E-state index in [2.05, 4.69) is 15.3 Å². The number of benzene rings is 1. The first-order valence-electron chi connectivity index (χ1n) is 5.29. The zero-order valence-corrected chi connectivity index (χ0v) is 10.1. The van der Waals surface area contributed by atoms with Crippen LogP contribution in [0.3, 0.4) is 0 Å². The molecule has 0 aliphatic heterocycles. The Hall–Kier alpha value is -1.81. The molecule has 1 N–H and O–H groups in total. The Morgan fingerprint density at radius 2 is 2.06 bits per heavy atom. The third kappa shape index (κ3) is 3.07. The SMILES string of the molecule is CCNc1cnc(Cl)nc1Oc1ccccc1. The highest BCUT2D eigenvalue weighted by Crippen LogP contribution is 2.27. The summed E-state index contributed by atoms with van der Waals surface area (Å²) in [7, 11) is 0. The van der Waals surface area contributed by atoms with Gasteiger partial charge in [0.2, 0.25) is 11.2 Å². The van der Waals surface area contributed by atoms with Crippen LogP contribution in [0.25, 0.3) is 0 Å². The van der Waals surface area contributed by atoms with Gasteiger partial charge in [-0.05, 0) is 30.7 Å². The summed E-state index contributed by atoms with van der Waals surface area (Å²) < 4.78 is 5.64. The first kappa shape index (κ1) is 11.7. The van der Waals surface area contributed by atoms with Crippen LogP contribution in [0.5, 0.6) is 11.6 Å². The van der Waals surface area contributed by atoms with Crippen molar-refractivity contribution in [1.82, 2.24) is 9.97 Å². The number of aromatic nitrogens is 2. The molecule has 0 amide bonds. The maximum absolute atomic E-state index is 5.75. The highest BCUT2D eigenvalue weighted by Gasteiger charge is 2.07. The largest absolute Gasteiger partial charge is 0.437 e. The van der Waals surface area contributed by atoms with Crippen molar-refractivity contribution in [2.75, 3.05) is 11.9 Å². The second kappa shape index (κ2) is 5.50. The van der Waals surface area contributed by atoms with E-state index in [4.69, 9.17) is 16.3 Å². The predicted octanol–water partition coefficient (Wildman–Crippen LogP) is 3.35. The van der Waals surface area contributed by atoms with Gasteiger partial charge in [0, 0.05) is 6.54 Å². The van der Waals surface area contributed by atoms with E-state index in [1.807, 2.05) is 37.3 Å². The van der Waals surface area contributed by atoms with Gasteiger partial charge in [-0.25, -0.2) is 4.98 Å². The number of ether oxygens (including phenoxy) is 1. The molecule has 0 aliphatic rings. The number of rotatable bonds is 4. The summed E-state index contributed by atoms with van der Waals surface area (Å²) in [5.41, 5.74) is 0.723. The fraction of sp³-hybridized carbons (Fsp3) is 0.167. The lowest BCUT2D eigenvalue weighted by Gasteiger charge is -2.10. The van der Waals surface area contributed by atoms with Crippen molar-refractivity contribution in [3.05, 3.63) is 41.8 Å². The van der Waals surface area contributed by atoms with Gasteiger partial charge < -0.3 is 10.1 Å². The fourth-order valence-corrected chi connectivity index (χ4v) is 1.46. The molecule has 17 heavy (non-hydrogen) atoms. The normalized spacial score (nSPS) is 10.0. The van der Waals surface area contributed by atoms with Crippen molar-refractivity contribution in [2.24, 2.45) is 0 Å². The molecule has 0 unspecified atom stereocenters. The number of nitrogens with zero attached hydrogens (tertiary/aromatic N) is 2. The van der Waals surface area contributed by atoms with Gasteiger partial charge in [0.25, 0.3) is 0 Å². The molecular weight excluding hydrogens is 238 g/mol. The van der Waals surface area contributed by atoms with Crippen LogP contribution in [0.4, 0.5) is 5.69 Å². The molecule has 2 aromatic rings. The topological polar surface area (TPSA) is 47.0 Å². The summed E-state index contributed by atoms with van der Waals surface area (Å²) in [6, 6.07) is 9.42. The monoisotopic (exact) mass is 249 g/mol. The number of anilines is 1. The summed E-state index contributed by atoms with van der Waals surface area (Å²) in [6.45, 7) is 2.75. The van der Waals surface area contributed by atoms with Gasteiger partial charge in [-0.1, -0.05) is 18.2 Å². The second-order valence-electron chi connectivity index (χ2n) is 3.30. The van der Waals surface area contributed by atoms with E-state index in [-0.39, 0.29) is 5.28 Å². The fourth-order valence-electron chi connectivity index (χ4n) is 1.34. The molecule has 2 rings (SSSR count). The van der Waals surface area contributed by atoms with Gasteiger partial charge in [-0.3, -0.25) is 0 Å². The molecule has 5 heteroatoms. The average Bonchev–Trinajstić information content (AvgIpc) is 2.34. The standard InChI is InChI=1S/C12H12ClN3O/c1-2-14-10-8-15-12(13)16-11(10)17-9-6-4-3-5-7-9/h3-8,14H,2H2,1H3. The summed E-state index contributed by atoms with van der Waals surface area (Å²) in [5, 5.41) is 3.28. The first-order valence-corrected chi connectivity index (χ1v) is 5.66. The minimum Gasteiger partial charge on any atom is -0.437 e. The van der Waals surface area contributed by atoms with Crippen LogP contribution in [0, 0.1) is 0 Å². The van der Waals surface area contributed by atoms with Gasteiger partial charge in [-0.15, -0.1) is 0 Å². The molecule has 0 saturated carbocycles. The van der Waals surface area contributed by atoms with Gasteiger partial charge in [-0.2, -0.15) is 4.98 Å². The Morgan fingerprint density at radius 3 is 2.76 bits per heavy atom. The second-order valence-corrected chi connectivity index (χ2v) is 3.64. The maximum atomic E-state index is 5.75. The third-order valence-corrected chi connectivity index (χ3v) is 2.23. The molecule has 1 heterocycles. The van der Waals surface area contributed by atoms with Crippen molar-refractivity contribution in [3.63, 3.8) is 0 Å². The lowest BCUT2D eigenvalue weighted by atomic mass is 10.3. The molecule has 4 nitrogen and oxygen atoms in total. The smallest absolute Gasteiger partial charge is 0.247 e. The summed E-state index contributed by atoms with van der Waals surface area (Å²) in [6.07, 6.45) is 1.61. The van der Waals surface area contributed by atoms with E-state index in [1.165, 1.54) is 0 Å². The highest BCUT2D eigenvalue weighted by molar-refractivity contribution is 6.28. The van der Waals surface area contributed by atoms with E-state index >= 15 is 0 Å². The molecule has 0 aliphatic carbocycles. The molecule has 0 spiro atoms. The van der Waals surface area contributed by atoms with Crippen molar-refractivity contribution >= 4 is 17.3 Å². The minimum absolute atomic E-state index is 0.164. The van der Waals surface area contributed by atoms with Crippen molar-refractivity contribution in [1.29, 1.82) is 0 Å². The lowest BCUT2D eigenvalue weighted by Crippen LogP contribution is -2.01. The zero-order valence-electron chi connectivity index (χ0n) is 9.35. The van der Waals surface area contributed by atoms with Gasteiger partial charge in [0.15, 0.2) is 0 Å². The van der Waals surface area contributed by atoms with E-state index in [9.17, 15) is 0 Å². The molecule has 0 bridgehead atoms. The Bertz CT molecular complexity index is 490. The van der Waals surface area contributed by atoms with E-state index < -0.39 is 0 Å². The van der Waals surface area contributed by atoms with E-state index in [0.29, 0.717) is 11.6 Å². The number of para-hydroxylation sites is 1. The average molecular weight is 250 g/mol. The quantitative estimate of drug-likeness (QED) is 0.844. The van der Waals surface area contributed by atoms with Crippen LogP contribution in [-0.4, -0.2) is 16.5 Å². The van der Waals surface area contributed by atoms with Gasteiger partial charge >= 0.3 is 0 Å². The van der Waals surface area contributed by atoms with Crippen LogP contribution >= 0.6 is 11.6 Å². The number of halogens is 1. The summed E-state index contributed by atoms with van der Waals surface area (Å²) in [5.74, 6) is 1.14. The molecule has 0 fully saturated rings. The molecule has 88 valence electrons. The first-order chi connectivity index (χ1) is 8.29. The molecule has 0 saturated heterocycles. The molecule has 1 aromatic heterocycles. The van der Waals surface area contributed by atoms with Gasteiger partial charge in [0.1, 0.15) is 11.4 Å². The number of hydrogen-bond acceptors (Lipinski definition) is 4. The van der Waals surface area contributed by atoms with Crippen LogP contribution in [0.1, 0.15) is 6.92 Å². The van der Waals surface area contributed by atoms with Crippen molar-refractivity contribution in [2.45, 2.75) is 6.92 Å². The van der Waals surface area contributed by atoms with E-state index in [0.717, 1.165) is 12.2 Å². The van der Waals surface area contributed by atoms with E-state index in [1.54, 1.807) is 6.20 Å². The Morgan fingerprint density at radius 1 is 1.29 bits per heavy atom. The molecular formula is C12H12ClN3O. The highest BCUT2D eigenvalue weighted by atomic mass is 35.5. The van der Waals surface area contributed by atoms with Crippen LogP contribution in [0.15, 0.2) is 36.5 Å². The van der Waals surface area contributed by atoms with Crippen LogP contribution in [-0.2, 0) is 0 Å². The molecule has 0 atom stereocenters. The van der Waals surface area contributed by atoms with Crippen LogP contribution < -0.4 is 10.1 Å². The minimum atomic E-state index is 0.164. The number of nitrogens with one attached hydrogen (secondary N) is 1. The van der Waals surface area contributed by atoms with Crippen LogP contribution in [0.2, 0.25) is 5.28 Å². The molecule has 0 radical (unpaired) electrons. The Balaban J connectivity index is 2.27. The lowest BCUT2D eigenvalue weighted by molar-refractivity contribution is 0.463. The number of hydrogen-bond donors (Lipinski definition) is 1. The Labute approximate surface area is 105 Å². The summed E-state index contributed by atoms with van der Waals surface area (Å²) in [4.78, 5) is 7.97. The third-order valence-electron chi connectivity index (χ3n) is 2.05. The predicted molar refractivity (Wildman–Crippen MR) is 67.7 cm³/mol. The van der Waals surface area contributed by atoms with Crippen molar-refractivity contribution < 1.29 is 4.74 Å². The molecule has 1 aromatic carbocycles. The zero-order chi connectivity index (χ0) is 12.1. The Kier molecular flexibility index (Phi) is 3.77.